The van der Waals surface area contributed by atoms with Crippen molar-refractivity contribution in [3.8, 4) is 22.4 Å². The average Bonchev–Trinajstić information content (AvgIpc) is 3.25. The molecule has 0 amide bonds. The van der Waals surface area contributed by atoms with Gasteiger partial charge in [-0.3, -0.25) is 4.98 Å². The Balaban J connectivity index is 1.65. The van der Waals surface area contributed by atoms with Gasteiger partial charge in [-0.15, -0.1) is 0 Å². The third kappa shape index (κ3) is 4.62. The Hall–Kier alpha value is -2.96. The van der Waals surface area contributed by atoms with Crippen LogP contribution in [0.4, 0.5) is 0 Å². The van der Waals surface area contributed by atoms with Crippen molar-refractivity contribution < 1.29 is 4.42 Å². The number of aromatic nitrogens is 1. The second-order valence-electron chi connectivity index (χ2n) is 14.3. The van der Waals surface area contributed by atoms with E-state index in [4.69, 9.17) is 9.40 Å². The lowest BCUT2D eigenvalue weighted by Crippen LogP contribution is -2.58. The molecule has 2 aromatic heterocycles. The van der Waals surface area contributed by atoms with Crippen LogP contribution >= 0.6 is 0 Å². The maximum absolute atomic E-state index is 6.74. The number of hydrogen-bond acceptors (Lipinski definition) is 2. The van der Waals surface area contributed by atoms with E-state index in [2.05, 4.69) is 141 Å². The summed E-state index contributed by atoms with van der Waals surface area (Å²) in [6.07, 6.45) is 1.95. The van der Waals surface area contributed by atoms with Crippen LogP contribution in [0.1, 0.15) is 41.5 Å². The number of nitrogens with zero attached hydrogens (tertiary/aromatic N) is 1. The lowest BCUT2D eigenvalue weighted by Gasteiger charge is -2.50. The summed E-state index contributed by atoms with van der Waals surface area (Å²) in [4.78, 5) is 4.76. The molecule has 0 bridgehead atoms. The van der Waals surface area contributed by atoms with Crippen molar-refractivity contribution in [3.63, 3.8) is 0 Å². The zero-order chi connectivity index (χ0) is 28.4. The first-order valence-corrected chi connectivity index (χ1v) is 20.1. The standard InChI is InChI=1S/C35H43NOSi2/c1-34(2,3)39(10,35(4,5)6)25-19-17-24(18-20-25)27-13-11-14-28-29-15-12-16-30(33(29)37-32(27)28)31-23-26(21-22-36-31)38(7,8)9/h11-23H,1-10H3. The Morgan fingerprint density at radius 2 is 1.15 bits per heavy atom. The highest BCUT2D eigenvalue weighted by atomic mass is 28.3. The van der Waals surface area contributed by atoms with Crippen LogP contribution in [-0.4, -0.2) is 21.1 Å². The van der Waals surface area contributed by atoms with Gasteiger partial charge in [0.1, 0.15) is 11.2 Å². The van der Waals surface area contributed by atoms with Crippen LogP contribution in [0, 0.1) is 0 Å². The van der Waals surface area contributed by atoms with Crippen LogP contribution in [0.5, 0.6) is 0 Å². The highest BCUT2D eigenvalue weighted by Crippen LogP contribution is 2.50. The summed E-state index contributed by atoms with van der Waals surface area (Å²) in [6.45, 7) is 24.2. The zero-order valence-electron chi connectivity index (χ0n) is 25.4. The van der Waals surface area contributed by atoms with Gasteiger partial charge in [-0.1, -0.05) is 133 Å². The smallest absolute Gasteiger partial charge is 0.144 e. The molecule has 4 heteroatoms. The predicted molar refractivity (Wildman–Crippen MR) is 176 cm³/mol. The summed E-state index contributed by atoms with van der Waals surface area (Å²) in [7, 11) is -3.28. The molecule has 0 spiro atoms. The number of pyridine rings is 1. The van der Waals surface area contributed by atoms with Crippen LogP contribution in [0.2, 0.25) is 36.3 Å². The van der Waals surface area contributed by atoms with Gasteiger partial charge in [0.25, 0.3) is 0 Å². The average molecular weight is 550 g/mol. The highest BCUT2D eigenvalue weighted by Gasteiger charge is 2.50. The van der Waals surface area contributed by atoms with Crippen LogP contribution in [0.3, 0.4) is 0 Å². The van der Waals surface area contributed by atoms with Crippen molar-refractivity contribution in [3.05, 3.63) is 79.0 Å². The van der Waals surface area contributed by atoms with Gasteiger partial charge in [-0.25, -0.2) is 0 Å². The summed E-state index contributed by atoms with van der Waals surface area (Å²) in [6, 6.07) is 26.8. The number of hydrogen-bond donors (Lipinski definition) is 0. The number of para-hydroxylation sites is 2. The Morgan fingerprint density at radius 3 is 1.69 bits per heavy atom. The Bertz CT molecular complexity index is 1640. The van der Waals surface area contributed by atoms with Crippen LogP contribution in [-0.2, 0) is 0 Å². The molecule has 2 nitrogen and oxygen atoms in total. The zero-order valence-corrected chi connectivity index (χ0v) is 27.4. The summed E-state index contributed by atoms with van der Waals surface area (Å²) < 4.78 is 6.74. The van der Waals surface area contributed by atoms with E-state index < -0.39 is 16.1 Å². The van der Waals surface area contributed by atoms with Crippen molar-refractivity contribution >= 4 is 48.5 Å². The van der Waals surface area contributed by atoms with E-state index in [1.165, 1.54) is 15.9 Å². The fourth-order valence-corrected chi connectivity index (χ4v) is 12.2. The molecule has 0 saturated heterocycles. The highest BCUT2D eigenvalue weighted by molar-refractivity contribution is 6.95. The third-order valence-electron chi connectivity index (χ3n) is 9.20. The molecule has 2 heterocycles. The minimum Gasteiger partial charge on any atom is -0.455 e. The number of fused-ring (bicyclic) bond motifs is 3. The second kappa shape index (κ2) is 9.31. The van der Waals surface area contributed by atoms with Gasteiger partial charge in [0, 0.05) is 28.1 Å². The summed E-state index contributed by atoms with van der Waals surface area (Å²) >= 11 is 0. The van der Waals surface area contributed by atoms with Crippen molar-refractivity contribution in [2.24, 2.45) is 0 Å². The molecule has 0 fully saturated rings. The predicted octanol–water partition coefficient (Wildman–Crippen LogP) is 9.75. The lowest BCUT2D eigenvalue weighted by molar-refractivity contribution is 0.629. The van der Waals surface area contributed by atoms with Gasteiger partial charge in [0.15, 0.2) is 0 Å². The van der Waals surface area contributed by atoms with Crippen molar-refractivity contribution in [2.45, 2.75) is 77.8 Å². The minimum absolute atomic E-state index is 0.253. The molecule has 0 aliphatic heterocycles. The first-order valence-electron chi connectivity index (χ1n) is 14.1. The van der Waals surface area contributed by atoms with Gasteiger partial charge in [0.05, 0.1) is 21.8 Å². The quantitative estimate of drug-likeness (QED) is 0.209. The number of benzene rings is 3. The van der Waals surface area contributed by atoms with E-state index in [1.807, 2.05) is 6.20 Å². The van der Waals surface area contributed by atoms with E-state index >= 15 is 0 Å². The van der Waals surface area contributed by atoms with E-state index in [0.29, 0.717) is 0 Å². The van der Waals surface area contributed by atoms with Gasteiger partial charge in [-0.2, -0.15) is 0 Å². The van der Waals surface area contributed by atoms with Gasteiger partial charge < -0.3 is 4.42 Å². The molecule has 3 aromatic carbocycles. The first kappa shape index (κ1) is 27.6. The number of furan rings is 1. The topological polar surface area (TPSA) is 26.0 Å². The van der Waals surface area contributed by atoms with Crippen molar-refractivity contribution in [1.29, 1.82) is 0 Å². The minimum atomic E-state index is -1.82. The maximum Gasteiger partial charge on any atom is 0.144 e. The molecule has 39 heavy (non-hydrogen) atoms. The molecule has 5 aromatic rings. The third-order valence-corrected chi connectivity index (χ3v) is 18.7. The molecule has 0 N–H and O–H groups in total. The van der Waals surface area contributed by atoms with Crippen LogP contribution < -0.4 is 10.4 Å². The number of rotatable bonds is 4. The molecule has 0 radical (unpaired) electrons. The molecule has 202 valence electrons. The summed E-state index contributed by atoms with van der Waals surface area (Å²) in [5.74, 6) is 0. The molecule has 0 unspecified atom stereocenters. The molecule has 5 rings (SSSR count). The maximum atomic E-state index is 6.74. The van der Waals surface area contributed by atoms with E-state index in [-0.39, 0.29) is 10.1 Å². The molecular weight excluding hydrogens is 507 g/mol. The molecular formula is C35H43NOSi2. The Labute approximate surface area is 236 Å². The van der Waals surface area contributed by atoms with Crippen molar-refractivity contribution in [2.75, 3.05) is 0 Å². The SMILES string of the molecule is CC(C)(C)[Si](C)(c1ccc(-c2cccc3c2oc2c(-c4cc([Si](C)(C)C)ccn4)cccc23)cc1)C(C)(C)C. The Morgan fingerprint density at radius 1 is 0.615 bits per heavy atom. The first-order chi connectivity index (χ1) is 18.1. The van der Waals surface area contributed by atoms with E-state index in [0.717, 1.165) is 38.8 Å². The van der Waals surface area contributed by atoms with E-state index in [9.17, 15) is 0 Å². The Kier molecular flexibility index (Phi) is 6.59. The van der Waals surface area contributed by atoms with Gasteiger partial charge >= 0.3 is 0 Å². The molecule has 0 saturated carbocycles. The molecule has 0 aliphatic rings. The monoisotopic (exact) mass is 549 g/mol. The van der Waals surface area contributed by atoms with Crippen LogP contribution in [0.15, 0.2) is 83.4 Å². The second-order valence-corrected chi connectivity index (χ2v) is 25.3. The largest absolute Gasteiger partial charge is 0.455 e. The van der Waals surface area contributed by atoms with Crippen molar-refractivity contribution in [1.82, 2.24) is 4.98 Å². The lowest BCUT2D eigenvalue weighted by atomic mass is 10.0. The molecule has 0 atom stereocenters. The molecule has 0 aliphatic carbocycles. The van der Waals surface area contributed by atoms with Crippen LogP contribution in [0.25, 0.3) is 44.3 Å². The normalized spacial score (nSPS) is 13.4. The van der Waals surface area contributed by atoms with E-state index in [1.54, 1.807) is 0 Å². The summed E-state index contributed by atoms with van der Waals surface area (Å²) in [5.41, 5.74) is 6.24. The fourth-order valence-electron chi connectivity index (χ4n) is 6.27. The van der Waals surface area contributed by atoms with Gasteiger partial charge in [-0.05, 0) is 33.8 Å². The summed E-state index contributed by atoms with van der Waals surface area (Å²) in [5, 5.41) is 5.71. The fraction of sp³-hybridized carbons (Fsp3) is 0.343. The van der Waals surface area contributed by atoms with Gasteiger partial charge in [0.2, 0.25) is 0 Å².